The molecule has 0 atom stereocenters. The van der Waals surface area contributed by atoms with Gasteiger partial charge in [-0.25, -0.2) is 0 Å². The fourth-order valence-electron chi connectivity index (χ4n) is 3.06. The lowest BCUT2D eigenvalue weighted by Gasteiger charge is -2.28. The van der Waals surface area contributed by atoms with Gasteiger partial charge in [0.25, 0.3) is 5.97 Å². The maximum Gasteiger partial charge on any atom is 0.317 e. The Morgan fingerprint density at radius 3 is 1.63 bits per heavy atom. The molecule has 0 aliphatic heterocycles. The van der Waals surface area contributed by atoms with Crippen molar-refractivity contribution in [3.05, 3.63) is 0 Å². The molecule has 0 saturated heterocycles. The number of rotatable bonds is 21. The van der Waals surface area contributed by atoms with Crippen molar-refractivity contribution in [3.63, 3.8) is 0 Å². The van der Waals surface area contributed by atoms with Crippen LogP contribution >= 0.6 is 0 Å². The number of unbranched alkanes of at least 4 members (excludes halogenated alkanes) is 9. The minimum atomic E-state index is -0.871. The van der Waals surface area contributed by atoms with Crippen molar-refractivity contribution in [2.75, 3.05) is 47.5 Å². The molecule has 0 amide bonds. The monoisotopic (exact) mass is 390 g/mol. The Bertz CT molecular complexity index is 330. The SMILES string of the molecule is COC(CCCCCCCCCCCCNCCNCC(=O)O)(OC)OC. The van der Waals surface area contributed by atoms with Crippen molar-refractivity contribution in [3.8, 4) is 0 Å². The van der Waals surface area contributed by atoms with Crippen molar-refractivity contribution in [1.82, 2.24) is 10.6 Å². The third-order valence-corrected chi connectivity index (χ3v) is 4.77. The van der Waals surface area contributed by atoms with E-state index in [2.05, 4.69) is 10.6 Å². The van der Waals surface area contributed by atoms with Gasteiger partial charge in [-0.05, 0) is 19.4 Å². The fraction of sp³-hybridized carbons (Fsp3) is 0.950. The third-order valence-electron chi connectivity index (χ3n) is 4.77. The second kappa shape index (κ2) is 18.6. The van der Waals surface area contributed by atoms with Crippen LogP contribution in [-0.2, 0) is 19.0 Å². The van der Waals surface area contributed by atoms with Gasteiger partial charge >= 0.3 is 5.97 Å². The number of hydrogen-bond acceptors (Lipinski definition) is 6. The Labute approximate surface area is 165 Å². The Morgan fingerprint density at radius 2 is 1.15 bits per heavy atom. The number of carbonyl (C=O) groups is 1. The lowest BCUT2D eigenvalue weighted by Crippen LogP contribution is -2.35. The highest BCUT2D eigenvalue weighted by molar-refractivity contribution is 5.68. The number of nitrogens with one attached hydrogen (secondary N) is 2. The lowest BCUT2D eigenvalue weighted by atomic mass is 10.1. The van der Waals surface area contributed by atoms with Crippen LogP contribution in [0.2, 0.25) is 0 Å². The minimum Gasteiger partial charge on any atom is -0.480 e. The van der Waals surface area contributed by atoms with Gasteiger partial charge in [0.15, 0.2) is 0 Å². The van der Waals surface area contributed by atoms with E-state index in [1.54, 1.807) is 21.3 Å². The summed E-state index contributed by atoms with van der Waals surface area (Å²) in [4.78, 5) is 10.3. The van der Waals surface area contributed by atoms with Gasteiger partial charge in [0, 0.05) is 40.8 Å². The van der Waals surface area contributed by atoms with E-state index in [4.69, 9.17) is 19.3 Å². The van der Waals surface area contributed by atoms with Crippen molar-refractivity contribution < 1.29 is 24.1 Å². The van der Waals surface area contributed by atoms with Crippen LogP contribution < -0.4 is 10.6 Å². The summed E-state index contributed by atoms with van der Waals surface area (Å²) in [6.45, 7) is 2.58. The largest absolute Gasteiger partial charge is 0.480 e. The Hall–Kier alpha value is -0.730. The summed E-state index contributed by atoms with van der Waals surface area (Å²) in [5, 5.41) is 14.7. The molecular formula is C20H42N2O5. The molecule has 3 N–H and O–H groups in total. The van der Waals surface area contributed by atoms with Crippen molar-refractivity contribution >= 4 is 5.97 Å². The number of carboxylic acids is 1. The van der Waals surface area contributed by atoms with Crippen molar-refractivity contribution in [2.45, 2.75) is 76.6 Å². The van der Waals surface area contributed by atoms with Gasteiger partial charge in [0.1, 0.15) is 0 Å². The van der Waals surface area contributed by atoms with Gasteiger partial charge in [-0.1, -0.05) is 51.4 Å². The van der Waals surface area contributed by atoms with Gasteiger partial charge in [0.05, 0.1) is 6.54 Å². The minimum absolute atomic E-state index is 0.0376. The zero-order valence-corrected chi connectivity index (χ0v) is 17.7. The van der Waals surface area contributed by atoms with E-state index in [9.17, 15) is 4.79 Å². The van der Waals surface area contributed by atoms with E-state index in [0.29, 0.717) is 6.54 Å². The Kier molecular flexibility index (Phi) is 18.1. The number of carboxylic acid groups (broad SMARTS) is 1. The van der Waals surface area contributed by atoms with Crippen LogP contribution in [0.4, 0.5) is 0 Å². The molecule has 0 aromatic rings. The van der Waals surface area contributed by atoms with E-state index in [0.717, 1.165) is 25.9 Å². The second-order valence-electron chi connectivity index (χ2n) is 6.90. The highest BCUT2D eigenvalue weighted by Crippen LogP contribution is 2.21. The third kappa shape index (κ3) is 16.0. The maximum absolute atomic E-state index is 10.3. The van der Waals surface area contributed by atoms with Crippen LogP contribution in [0.1, 0.15) is 70.6 Å². The van der Waals surface area contributed by atoms with Gasteiger partial charge < -0.3 is 30.0 Å². The van der Waals surface area contributed by atoms with Crippen LogP contribution in [0.25, 0.3) is 0 Å². The summed E-state index contributed by atoms with van der Waals surface area (Å²) in [6, 6.07) is 0. The molecule has 0 unspecified atom stereocenters. The topological polar surface area (TPSA) is 89.1 Å². The summed E-state index contributed by atoms with van der Waals surface area (Å²) < 4.78 is 15.9. The molecule has 0 fully saturated rings. The number of ether oxygens (including phenoxy) is 3. The highest BCUT2D eigenvalue weighted by atomic mass is 16.9. The average molecular weight is 391 g/mol. The van der Waals surface area contributed by atoms with Crippen molar-refractivity contribution in [1.29, 1.82) is 0 Å². The van der Waals surface area contributed by atoms with Gasteiger partial charge in [-0.2, -0.15) is 0 Å². The zero-order valence-electron chi connectivity index (χ0n) is 17.7. The molecule has 0 aromatic carbocycles. The Morgan fingerprint density at radius 1 is 0.704 bits per heavy atom. The van der Waals surface area contributed by atoms with E-state index in [1.165, 1.54) is 57.8 Å². The molecule has 0 saturated carbocycles. The first-order valence-electron chi connectivity index (χ1n) is 10.4. The summed E-state index contributed by atoms with van der Waals surface area (Å²) in [6.07, 6.45) is 13.3. The fourth-order valence-corrected chi connectivity index (χ4v) is 3.06. The molecule has 162 valence electrons. The normalized spacial score (nSPS) is 11.8. The van der Waals surface area contributed by atoms with E-state index in [-0.39, 0.29) is 6.54 Å². The lowest BCUT2D eigenvalue weighted by molar-refractivity contribution is -0.355. The maximum atomic E-state index is 10.3. The van der Waals surface area contributed by atoms with E-state index >= 15 is 0 Å². The molecule has 0 aliphatic rings. The second-order valence-corrected chi connectivity index (χ2v) is 6.90. The smallest absolute Gasteiger partial charge is 0.317 e. The van der Waals surface area contributed by atoms with Crippen LogP contribution in [-0.4, -0.2) is 64.6 Å². The summed E-state index contributed by atoms with van der Waals surface area (Å²) in [5.41, 5.74) is 0. The van der Waals surface area contributed by atoms with Gasteiger partial charge in [-0.3, -0.25) is 4.79 Å². The number of aliphatic carboxylic acids is 1. The quantitative estimate of drug-likeness (QED) is 0.205. The predicted octanol–water partition coefficient (Wildman–Crippen LogP) is 3.13. The summed E-state index contributed by atoms with van der Waals surface area (Å²) in [7, 11) is 4.84. The molecule has 0 radical (unpaired) electrons. The first kappa shape index (κ1) is 26.3. The molecule has 0 aromatic heterocycles. The standard InChI is InChI=1S/C20H42N2O5/c1-25-20(26-2,27-3)14-12-10-8-6-4-5-7-9-11-13-15-21-16-17-22-18-19(23)24/h21-22H,4-18H2,1-3H3,(H,23,24). The first-order valence-corrected chi connectivity index (χ1v) is 10.4. The van der Waals surface area contributed by atoms with Crippen molar-refractivity contribution in [2.24, 2.45) is 0 Å². The molecule has 0 aliphatic carbocycles. The zero-order chi connectivity index (χ0) is 20.2. The molecular weight excluding hydrogens is 348 g/mol. The summed E-state index contributed by atoms with van der Waals surface area (Å²) in [5.74, 6) is -1.68. The molecule has 27 heavy (non-hydrogen) atoms. The van der Waals surface area contributed by atoms with Gasteiger partial charge in [-0.15, -0.1) is 0 Å². The summed E-state index contributed by atoms with van der Waals surface area (Å²) >= 11 is 0. The van der Waals surface area contributed by atoms with Crippen LogP contribution in [0.3, 0.4) is 0 Å². The molecule has 0 bridgehead atoms. The first-order chi connectivity index (χ1) is 13.1. The van der Waals surface area contributed by atoms with E-state index < -0.39 is 11.9 Å². The Balaban J connectivity index is 3.22. The predicted molar refractivity (Wildman–Crippen MR) is 108 cm³/mol. The number of methoxy groups -OCH3 is 3. The average Bonchev–Trinajstić information content (AvgIpc) is 2.67. The molecule has 7 heteroatoms. The van der Waals surface area contributed by atoms with Crippen LogP contribution in [0.15, 0.2) is 0 Å². The molecule has 0 rings (SSSR count). The highest BCUT2D eigenvalue weighted by Gasteiger charge is 2.28. The molecule has 0 spiro atoms. The molecule has 0 heterocycles. The van der Waals surface area contributed by atoms with Crippen LogP contribution in [0.5, 0.6) is 0 Å². The van der Waals surface area contributed by atoms with Gasteiger partial charge in [0.2, 0.25) is 0 Å². The number of hydrogen-bond donors (Lipinski definition) is 3. The molecule has 7 nitrogen and oxygen atoms in total. The van der Waals surface area contributed by atoms with Crippen LogP contribution in [0, 0.1) is 0 Å². The van der Waals surface area contributed by atoms with E-state index in [1.807, 2.05) is 0 Å².